The van der Waals surface area contributed by atoms with E-state index >= 15 is 0 Å². The Kier molecular flexibility index (Phi) is 7.09. The summed E-state index contributed by atoms with van der Waals surface area (Å²) in [5.41, 5.74) is 1.89. The van der Waals surface area contributed by atoms with Crippen LogP contribution in [-0.2, 0) is 4.79 Å². The molecule has 24 heavy (non-hydrogen) atoms. The molecule has 5 nitrogen and oxygen atoms in total. The second kappa shape index (κ2) is 9.06. The molecule has 1 aromatic rings. The summed E-state index contributed by atoms with van der Waals surface area (Å²) < 4.78 is 0.984. The second-order valence-electron chi connectivity index (χ2n) is 6.34. The lowest BCUT2D eigenvalue weighted by Gasteiger charge is -2.25. The van der Waals surface area contributed by atoms with E-state index in [1.807, 2.05) is 25.1 Å². The average molecular weight is 396 g/mol. The smallest absolute Gasteiger partial charge is 0.315 e. The van der Waals surface area contributed by atoms with Crippen molar-refractivity contribution in [1.29, 1.82) is 0 Å². The van der Waals surface area contributed by atoms with E-state index in [2.05, 4.69) is 26.6 Å². The Morgan fingerprint density at radius 1 is 1.25 bits per heavy atom. The van der Waals surface area contributed by atoms with Crippen molar-refractivity contribution in [3.05, 3.63) is 28.2 Å². The highest BCUT2D eigenvalue weighted by molar-refractivity contribution is 9.10. The van der Waals surface area contributed by atoms with Crippen molar-refractivity contribution < 1.29 is 9.59 Å². The number of urea groups is 1. The molecule has 0 saturated heterocycles. The number of benzene rings is 1. The zero-order valence-electron chi connectivity index (χ0n) is 14.4. The summed E-state index contributed by atoms with van der Waals surface area (Å²) in [5.74, 6) is -0.0325. The van der Waals surface area contributed by atoms with Crippen LogP contribution >= 0.6 is 15.9 Å². The number of nitrogens with one attached hydrogen (secondary N) is 2. The summed E-state index contributed by atoms with van der Waals surface area (Å²) in [6, 6.07) is 5.97. The van der Waals surface area contributed by atoms with Crippen LogP contribution in [0.3, 0.4) is 0 Å². The van der Waals surface area contributed by atoms with Crippen LogP contribution in [0.15, 0.2) is 22.7 Å². The molecule has 0 bridgehead atoms. The van der Waals surface area contributed by atoms with Gasteiger partial charge >= 0.3 is 6.03 Å². The van der Waals surface area contributed by atoms with E-state index in [4.69, 9.17) is 0 Å². The van der Waals surface area contributed by atoms with Crippen molar-refractivity contribution >= 4 is 33.6 Å². The van der Waals surface area contributed by atoms with Gasteiger partial charge < -0.3 is 15.5 Å². The first-order chi connectivity index (χ1) is 11.5. The largest absolute Gasteiger partial charge is 0.336 e. The number of rotatable bonds is 5. The SMILES string of the molecule is CC(=O)N(CCNC(=O)NC1CCCCC1)c1ccc(Br)cc1C. The van der Waals surface area contributed by atoms with Crippen molar-refractivity contribution in [2.75, 3.05) is 18.0 Å². The number of anilines is 1. The number of carbonyl (C=O) groups is 2. The van der Waals surface area contributed by atoms with Gasteiger partial charge in [-0.25, -0.2) is 4.79 Å². The van der Waals surface area contributed by atoms with Crippen LogP contribution in [0.5, 0.6) is 0 Å². The summed E-state index contributed by atoms with van der Waals surface area (Å²) in [6.07, 6.45) is 5.76. The highest BCUT2D eigenvalue weighted by atomic mass is 79.9. The van der Waals surface area contributed by atoms with E-state index in [1.165, 1.54) is 19.3 Å². The topological polar surface area (TPSA) is 61.4 Å². The fraction of sp³-hybridized carbons (Fsp3) is 0.556. The van der Waals surface area contributed by atoms with Gasteiger partial charge in [-0.15, -0.1) is 0 Å². The molecule has 2 rings (SSSR count). The maximum absolute atomic E-state index is 12.0. The minimum absolute atomic E-state index is 0.0325. The zero-order chi connectivity index (χ0) is 17.5. The predicted octanol–water partition coefficient (Wildman–Crippen LogP) is 3.74. The highest BCUT2D eigenvalue weighted by Gasteiger charge is 2.17. The van der Waals surface area contributed by atoms with Crippen LogP contribution in [0.4, 0.5) is 10.5 Å². The van der Waals surface area contributed by atoms with Crippen molar-refractivity contribution in [3.8, 4) is 0 Å². The maximum Gasteiger partial charge on any atom is 0.315 e. The van der Waals surface area contributed by atoms with Crippen molar-refractivity contribution in [1.82, 2.24) is 10.6 Å². The molecule has 2 N–H and O–H groups in total. The van der Waals surface area contributed by atoms with Crippen LogP contribution in [0.2, 0.25) is 0 Å². The van der Waals surface area contributed by atoms with Gasteiger partial charge in [-0.3, -0.25) is 4.79 Å². The molecule has 0 unspecified atom stereocenters. The van der Waals surface area contributed by atoms with Crippen molar-refractivity contribution in [2.24, 2.45) is 0 Å². The van der Waals surface area contributed by atoms with Crippen molar-refractivity contribution in [3.63, 3.8) is 0 Å². The summed E-state index contributed by atoms with van der Waals surface area (Å²) in [6.45, 7) is 4.40. The van der Waals surface area contributed by atoms with Gasteiger partial charge in [0.05, 0.1) is 0 Å². The molecule has 1 aliphatic rings. The summed E-state index contributed by atoms with van der Waals surface area (Å²) in [4.78, 5) is 25.6. The molecule has 6 heteroatoms. The van der Waals surface area contributed by atoms with Gasteiger partial charge in [0.2, 0.25) is 5.91 Å². The van der Waals surface area contributed by atoms with Gasteiger partial charge in [0.15, 0.2) is 0 Å². The number of nitrogens with zero attached hydrogens (tertiary/aromatic N) is 1. The Labute approximate surface area is 152 Å². The lowest BCUT2D eigenvalue weighted by atomic mass is 9.96. The van der Waals surface area contributed by atoms with E-state index in [-0.39, 0.29) is 18.0 Å². The van der Waals surface area contributed by atoms with Gasteiger partial charge in [0, 0.05) is 36.2 Å². The summed E-state index contributed by atoms with van der Waals surface area (Å²) >= 11 is 3.43. The molecular weight excluding hydrogens is 370 g/mol. The third-order valence-electron chi connectivity index (χ3n) is 4.39. The molecule has 1 aromatic carbocycles. The highest BCUT2D eigenvalue weighted by Crippen LogP contribution is 2.23. The minimum atomic E-state index is -0.141. The third kappa shape index (κ3) is 5.51. The fourth-order valence-corrected chi connectivity index (χ4v) is 3.61. The zero-order valence-corrected chi connectivity index (χ0v) is 16.0. The Balaban J connectivity index is 1.85. The van der Waals surface area contributed by atoms with Crippen LogP contribution in [-0.4, -0.2) is 31.1 Å². The van der Waals surface area contributed by atoms with Crippen LogP contribution in [0.1, 0.15) is 44.6 Å². The van der Waals surface area contributed by atoms with E-state index < -0.39 is 0 Å². The monoisotopic (exact) mass is 395 g/mol. The number of amides is 3. The molecular formula is C18H26BrN3O2. The van der Waals surface area contributed by atoms with Crippen LogP contribution in [0.25, 0.3) is 0 Å². The Hall–Kier alpha value is -1.56. The van der Waals surface area contributed by atoms with Crippen LogP contribution in [0, 0.1) is 6.92 Å². The third-order valence-corrected chi connectivity index (χ3v) is 4.88. The first kappa shape index (κ1) is 18.8. The van der Waals surface area contributed by atoms with Crippen LogP contribution < -0.4 is 15.5 Å². The van der Waals surface area contributed by atoms with Gasteiger partial charge in [-0.1, -0.05) is 35.2 Å². The molecule has 0 atom stereocenters. The van der Waals surface area contributed by atoms with E-state index in [0.717, 1.165) is 28.6 Å². The molecule has 0 radical (unpaired) electrons. The number of carbonyl (C=O) groups excluding carboxylic acids is 2. The first-order valence-corrected chi connectivity index (χ1v) is 9.35. The van der Waals surface area contributed by atoms with Gasteiger partial charge in [-0.2, -0.15) is 0 Å². The molecule has 1 fully saturated rings. The van der Waals surface area contributed by atoms with E-state index in [1.54, 1.807) is 11.8 Å². The lowest BCUT2D eigenvalue weighted by molar-refractivity contribution is -0.116. The lowest BCUT2D eigenvalue weighted by Crippen LogP contribution is -2.45. The maximum atomic E-state index is 12.0. The first-order valence-electron chi connectivity index (χ1n) is 8.56. The van der Waals surface area contributed by atoms with Gasteiger partial charge in [-0.05, 0) is 43.5 Å². The Bertz CT molecular complexity index is 586. The second-order valence-corrected chi connectivity index (χ2v) is 7.25. The molecule has 0 aliphatic heterocycles. The van der Waals surface area contributed by atoms with E-state index in [0.29, 0.717) is 13.1 Å². The number of hydrogen-bond acceptors (Lipinski definition) is 2. The Morgan fingerprint density at radius 3 is 2.58 bits per heavy atom. The fourth-order valence-electron chi connectivity index (χ4n) is 3.13. The number of hydrogen-bond donors (Lipinski definition) is 2. The molecule has 1 aliphatic carbocycles. The normalized spacial score (nSPS) is 15.0. The summed E-state index contributed by atoms with van der Waals surface area (Å²) in [7, 11) is 0. The molecule has 1 saturated carbocycles. The minimum Gasteiger partial charge on any atom is -0.336 e. The quantitative estimate of drug-likeness (QED) is 0.797. The molecule has 3 amide bonds. The predicted molar refractivity (Wildman–Crippen MR) is 100 cm³/mol. The molecule has 0 heterocycles. The number of halogens is 1. The van der Waals surface area contributed by atoms with Gasteiger partial charge in [0.25, 0.3) is 0 Å². The summed E-state index contributed by atoms with van der Waals surface area (Å²) in [5, 5.41) is 5.88. The Morgan fingerprint density at radius 2 is 1.96 bits per heavy atom. The number of aryl methyl sites for hydroxylation is 1. The van der Waals surface area contributed by atoms with Gasteiger partial charge in [0.1, 0.15) is 0 Å². The average Bonchev–Trinajstić information content (AvgIpc) is 2.53. The molecule has 0 aromatic heterocycles. The molecule has 132 valence electrons. The van der Waals surface area contributed by atoms with Crippen molar-refractivity contribution in [2.45, 2.75) is 52.0 Å². The molecule has 0 spiro atoms. The standard InChI is InChI=1S/C18H26BrN3O2/c1-13-12-15(19)8-9-17(13)22(14(2)23)11-10-20-18(24)21-16-6-4-3-5-7-16/h8-9,12,16H,3-7,10-11H2,1-2H3,(H2,20,21,24). The van der Waals surface area contributed by atoms with E-state index in [9.17, 15) is 9.59 Å².